The molecule has 23 heavy (non-hydrogen) atoms. The Morgan fingerprint density at radius 2 is 2.17 bits per heavy atom. The highest BCUT2D eigenvalue weighted by molar-refractivity contribution is 6.29. The predicted molar refractivity (Wildman–Crippen MR) is 89.9 cm³/mol. The normalized spacial score (nSPS) is 14.8. The van der Waals surface area contributed by atoms with E-state index in [1.807, 2.05) is 29.0 Å². The average Bonchev–Trinajstić information content (AvgIpc) is 3.09. The summed E-state index contributed by atoms with van der Waals surface area (Å²) in [5, 5.41) is 12.8. The van der Waals surface area contributed by atoms with Crippen LogP contribution in [0.3, 0.4) is 0 Å². The lowest BCUT2D eigenvalue weighted by molar-refractivity contribution is 0.610. The Morgan fingerprint density at radius 3 is 2.91 bits per heavy atom. The summed E-state index contributed by atoms with van der Waals surface area (Å²) >= 11 is 6.20. The van der Waals surface area contributed by atoms with Crippen LogP contribution >= 0.6 is 11.6 Å². The third-order valence-corrected chi connectivity index (χ3v) is 4.38. The zero-order valence-electron chi connectivity index (χ0n) is 13.2. The zero-order valence-corrected chi connectivity index (χ0v) is 14.0. The van der Waals surface area contributed by atoms with Crippen LogP contribution in [0.4, 0.5) is 5.82 Å². The number of nitrogens with one attached hydrogen (secondary N) is 1. The van der Waals surface area contributed by atoms with Crippen LogP contribution in [-0.2, 0) is 6.54 Å². The molecule has 3 aromatic rings. The van der Waals surface area contributed by atoms with Crippen LogP contribution in [0.5, 0.6) is 0 Å². The lowest BCUT2D eigenvalue weighted by Crippen LogP contribution is -2.10. The number of anilines is 1. The summed E-state index contributed by atoms with van der Waals surface area (Å²) in [6, 6.07) is 4.43. The number of fused-ring (bicyclic) bond motifs is 1. The molecule has 1 aliphatic rings. The minimum Gasteiger partial charge on any atom is -0.364 e. The number of nitrogens with zero attached hydrogens (tertiary/aromatic N) is 5. The van der Waals surface area contributed by atoms with Crippen molar-refractivity contribution >= 4 is 23.1 Å². The number of aromatic nitrogens is 5. The van der Waals surface area contributed by atoms with Crippen molar-refractivity contribution in [2.75, 3.05) is 5.32 Å². The van der Waals surface area contributed by atoms with Gasteiger partial charge in [-0.15, -0.1) is 0 Å². The molecule has 0 saturated heterocycles. The van der Waals surface area contributed by atoms with Crippen molar-refractivity contribution in [2.24, 2.45) is 0 Å². The maximum atomic E-state index is 6.20. The van der Waals surface area contributed by atoms with Gasteiger partial charge in [-0.25, -0.2) is 4.98 Å². The first-order valence-electron chi connectivity index (χ1n) is 7.94. The molecule has 7 heteroatoms. The number of rotatable bonds is 5. The predicted octanol–water partition coefficient (Wildman–Crippen LogP) is 3.65. The quantitative estimate of drug-likeness (QED) is 0.725. The second-order valence-electron chi connectivity index (χ2n) is 6.31. The van der Waals surface area contributed by atoms with Crippen LogP contribution in [0.15, 0.2) is 24.5 Å². The molecule has 0 spiro atoms. The van der Waals surface area contributed by atoms with Crippen molar-refractivity contribution in [3.63, 3.8) is 0 Å². The van der Waals surface area contributed by atoms with E-state index in [2.05, 4.69) is 39.0 Å². The summed E-state index contributed by atoms with van der Waals surface area (Å²) in [6.07, 6.45) is 6.16. The summed E-state index contributed by atoms with van der Waals surface area (Å²) < 4.78 is 3.93. The van der Waals surface area contributed by atoms with Crippen LogP contribution in [0, 0.1) is 0 Å². The van der Waals surface area contributed by atoms with Crippen LogP contribution in [0.2, 0.25) is 5.15 Å². The van der Waals surface area contributed by atoms with Gasteiger partial charge in [0.15, 0.2) is 5.65 Å². The fraction of sp³-hybridized carbons (Fsp3) is 0.438. The van der Waals surface area contributed by atoms with Crippen LogP contribution in [0.1, 0.15) is 49.9 Å². The molecule has 4 rings (SSSR count). The van der Waals surface area contributed by atoms with Crippen LogP contribution in [0.25, 0.3) is 5.65 Å². The summed E-state index contributed by atoms with van der Waals surface area (Å²) in [5.41, 5.74) is 3.08. The highest BCUT2D eigenvalue weighted by Gasteiger charge is 2.26. The fourth-order valence-electron chi connectivity index (χ4n) is 2.79. The first kappa shape index (κ1) is 14.5. The molecule has 0 amide bonds. The Kier molecular flexibility index (Phi) is 3.49. The third kappa shape index (κ3) is 2.67. The van der Waals surface area contributed by atoms with E-state index in [4.69, 9.17) is 11.6 Å². The second kappa shape index (κ2) is 5.53. The summed E-state index contributed by atoms with van der Waals surface area (Å²) in [7, 11) is 0. The van der Waals surface area contributed by atoms with E-state index in [1.54, 1.807) is 0 Å². The third-order valence-electron chi connectivity index (χ3n) is 4.19. The van der Waals surface area contributed by atoms with Gasteiger partial charge in [-0.05, 0) is 24.8 Å². The van der Waals surface area contributed by atoms with Crippen molar-refractivity contribution in [1.82, 2.24) is 24.4 Å². The maximum Gasteiger partial charge on any atom is 0.162 e. The molecule has 3 aromatic heterocycles. The Balaban J connectivity index is 1.64. The fourth-order valence-corrected chi connectivity index (χ4v) is 2.98. The SMILES string of the molecule is CC(C)c1cnn2c(NCc3ccnn3C3CC3)cc(Cl)nc12. The molecule has 0 unspecified atom stereocenters. The van der Waals surface area contributed by atoms with Crippen molar-refractivity contribution in [3.8, 4) is 0 Å². The van der Waals surface area contributed by atoms with Gasteiger partial charge in [0.1, 0.15) is 11.0 Å². The van der Waals surface area contributed by atoms with Gasteiger partial charge in [-0.1, -0.05) is 25.4 Å². The van der Waals surface area contributed by atoms with Gasteiger partial charge >= 0.3 is 0 Å². The Morgan fingerprint density at radius 1 is 1.35 bits per heavy atom. The lowest BCUT2D eigenvalue weighted by Gasteiger charge is -2.11. The molecule has 3 heterocycles. The molecule has 6 nitrogen and oxygen atoms in total. The molecular weight excluding hydrogens is 312 g/mol. The standard InChI is InChI=1S/C16H19ClN6/c1-10(2)13-9-20-23-15(7-14(17)21-16(13)23)18-8-12-5-6-19-22(12)11-3-4-11/h5-7,9-11,18H,3-4,8H2,1-2H3. The largest absolute Gasteiger partial charge is 0.364 e. The monoisotopic (exact) mass is 330 g/mol. The molecule has 1 saturated carbocycles. The van der Waals surface area contributed by atoms with Gasteiger partial charge in [-0.3, -0.25) is 4.68 Å². The molecular formula is C16H19ClN6. The van der Waals surface area contributed by atoms with E-state index in [0.717, 1.165) is 17.0 Å². The minimum atomic E-state index is 0.350. The first-order chi connectivity index (χ1) is 11.1. The average molecular weight is 331 g/mol. The maximum absolute atomic E-state index is 6.20. The van der Waals surface area contributed by atoms with Gasteiger partial charge in [0, 0.05) is 17.8 Å². The molecule has 0 radical (unpaired) electrons. The molecule has 120 valence electrons. The molecule has 1 N–H and O–H groups in total. The summed E-state index contributed by atoms with van der Waals surface area (Å²) in [6.45, 7) is 4.94. The summed E-state index contributed by atoms with van der Waals surface area (Å²) in [4.78, 5) is 4.43. The van der Waals surface area contributed by atoms with E-state index in [0.29, 0.717) is 23.7 Å². The van der Waals surface area contributed by atoms with Crippen molar-refractivity contribution in [3.05, 3.63) is 40.9 Å². The lowest BCUT2D eigenvalue weighted by atomic mass is 10.1. The van der Waals surface area contributed by atoms with Crippen molar-refractivity contribution in [1.29, 1.82) is 0 Å². The zero-order chi connectivity index (χ0) is 16.0. The Hall–Kier alpha value is -2.08. The molecule has 1 aliphatic carbocycles. The Bertz CT molecular complexity index is 845. The number of hydrogen-bond acceptors (Lipinski definition) is 4. The highest BCUT2D eigenvalue weighted by Crippen LogP contribution is 2.35. The van der Waals surface area contributed by atoms with E-state index < -0.39 is 0 Å². The molecule has 0 atom stereocenters. The van der Waals surface area contributed by atoms with Crippen molar-refractivity contribution < 1.29 is 0 Å². The molecule has 1 fully saturated rings. The van der Waals surface area contributed by atoms with Gasteiger partial charge in [0.25, 0.3) is 0 Å². The smallest absolute Gasteiger partial charge is 0.162 e. The molecule has 0 bridgehead atoms. The molecule has 0 aliphatic heterocycles. The molecule has 0 aromatic carbocycles. The highest BCUT2D eigenvalue weighted by atomic mass is 35.5. The Labute approximate surface area is 139 Å². The van der Waals surface area contributed by atoms with Gasteiger partial charge in [-0.2, -0.15) is 14.7 Å². The van der Waals surface area contributed by atoms with Crippen molar-refractivity contribution in [2.45, 2.75) is 45.2 Å². The van der Waals surface area contributed by atoms with Gasteiger partial charge in [0.05, 0.1) is 24.5 Å². The number of halogens is 1. The van der Waals surface area contributed by atoms with E-state index in [1.165, 1.54) is 18.5 Å². The number of hydrogen-bond donors (Lipinski definition) is 1. The minimum absolute atomic E-state index is 0.350. The van der Waals surface area contributed by atoms with Crippen LogP contribution < -0.4 is 5.32 Å². The van der Waals surface area contributed by atoms with Gasteiger partial charge < -0.3 is 5.32 Å². The van der Waals surface area contributed by atoms with Crippen LogP contribution in [-0.4, -0.2) is 24.4 Å². The second-order valence-corrected chi connectivity index (χ2v) is 6.69. The summed E-state index contributed by atoms with van der Waals surface area (Å²) in [5.74, 6) is 1.19. The van der Waals surface area contributed by atoms with E-state index in [-0.39, 0.29) is 0 Å². The topological polar surface area (TPSA) is 60.0 Å². The van der Waals surface area contributed by atoms with E-state index in [9.17, 15) is 0 Å². The first-order valence-corrected chi connectivity index (χ1v) is 8.31. The van der Waals surface area contributed by atoms with Gasteiger partial charge in [0.2, 0.25) is 0 Å². The van der Waals surface area contributed by atoms with E-state index >= 15 is 0 Å².